The van der Waals surface area contributed by atoms with Crippen LogP contribution in [0.25, 0.3) is 27.8 Å². The van der Waals surface area contributed by atoms with Crippen molar-refractivity contribution in [3.05, 3.63) is 119 Å². The van der Waals surface area contributed by atoms with Gasteiger partial charge in [0.25, 0.3) is 5.91 Å². The molecule has 192 valence electrons. The molecule has 0 spiro atoms. The molecule has 0 aliphatic heterocycles. The van der Waals surface area contributed by atoms with E-state index in [1.165, 1.54) is 11.1 Å². The SMILES string of the molecule is Cc1ccc(-n2c(CN(C(=O)c3c(C)cc(C)cc3C)C(C)C)nc3cc(-c4ccccc4)ccc32)cc1. The van der Waals surface area contributed by atoms with Crippen LogP contribution in [0.3, 0.4) is 0 Å². The lowest BCUT2D eigenvalue weighted by Gasteiger charge is -2.28. The van der Waals surface area contributed by atoms with Crippen molar-refractivity contribution in [1.29, 1.82) is 0 Å². The minimum Gasteiger partial charge on any atom is -0.329 e. The predicted octanol–water partition coefficient (Wildman–Crippen LogP) is 7.98. The molecule has 0 radical (unpaired) electrons. The zero-order chi connectivity index (χ0) is 27.0. The number of carbonyl (C=O) groups excluding carboxylic acids is 1. The number of benzene rings is 4. The number of imidazole rings is 1. The largest absolute Gasteiger partial charge is 0.329 e. The maximum Gasteiger partial charge on any atom is 0.255 e. The van der Waals surface area contributed by atoms with Crippen molar-refractivity contribution in [2.45, 2.75) is 54.1 Å². The maximum absolute atomic E-state index is 14.0. The van der Waals surface area contributed by atoms with Gasteiger partial charge in [-0.3, -0.25) is 9.36 Å². The molecule has 0 aliphatic carbocycles. The van der Waals surface area contributed by atoms with E-state index in [4.69, 9.17) is 4.98 Å². The quantitative estimate of drug-likeness (QED) is 0.237. The third kappa shape index (κ3) is 4.87. The molecule has 5 aromatic rings. The van der Waals surface area contributed by atoms with E-state index in [0.29, 0.717) is 6.54 Å². The van der Waals surface area contributed by atoms with E-state index in [-0.39, 0.29) is 11.9 Å². The van der Waals surface area contributed by atoms with Gasteiger partial charge in [0.15, 0.2) is 0 Å². The number of hydrogen-bond acceptors (Lipinski definition) is 2. The van der Waals surface area contributed by atoms with Crippen molar-refractivity contribution < 1.29 is 4.79 Å². The lowest BCUT2D eigenvalue weighted by Crippen LogP contribution is -2.38. The van der Waals surface area contributed by atoms with Crippen LogP contribution in [-0.2, 0) is 6.54 Å². The van der Waals surface area contributed by atoms with Gasteiger partial charge in [0.1, 0.15) is 5.82 Å². The summed E-state index contributed by atoms with van der Waals surface area (Å²) in [6.45, 7) is 12.8. The first-order valence-corrected chi connectivity index (χ1v) is 13.3. The molecule has 38 heavy (non-hydrogen) atoms. The number of fused-ring (bicyclic) bond motifs is 1. The van der Waals surface area contributed by atoms with Gasteiger partial charge in [0.05, 0.1) is 17.6 Å². The standard InChI is InChI=1S/C34H35N3O/c1-22(2)36(34(38)33-25(5)18-24(4)19-26(33)6)21-32-35-30-20-28(27-10-8-7-9-11-27)14-17-31(30)37(32)29-15-12-23(3)13-16-29/h7-20,22H,21H2,1-6H3. The molecule has 0 bridgehead atoms. The summed E-state index contributed by atoms with van der Waals surface area (Å²) in [5, 5.41) is 0. The van der Waals surface area contributed by atoms with Crippen LogP contribution in [-0.4, -0.2) is 26.4 Å². The Kier molecular flexibility index (Phi) is 6.90. The van der Waals surface area contributed by atoms with Crippen LogP contribution in [0.4, 0.5) is 0 Å². The first-order chi connectivity index (χ1) is 18.2. The lowest BCUT2D eigenvalue weighted by molar-refractivity contribution is 0.0683. The highest BCUT2D eigenvalue weighted by molar-refractivity contribution is 5.97. The number of hydrogen-bond donors (Lipinski definition) is 0. The Morgan fingerprint density at radius 3 is 2.08 bits per heavy atom. The van der Waals surface area contributed by atoms with Crippen molar-refractivity contribution in [2.24, 2.45) is 0 Å². The molecular formula is C34H35N3O. The van der Waals surface area contributed by atoms with Crippen LogP contribution in [0.1, 0.15) is 52.3 Å². The molecule has 0 unspecified atom stereocenters. The molecule has 4 nitrogen and oxygen atoms in total. The predicted molar refractivity (Wildman–Crippen MR) is 157 cm³/mol. The third-order valence-corrected chi connectivity index (χ3v) is 7.21. The van der Waals surface area contributed by atoms with Gasteiger partial charge in [0.2, 0.25) is 0 Å². The third-order valence-electron chi connectivity index (χ3n) is 7.21. The van der Waals surface area contributed by atoms with Crippen molar-refractivity contribution in [2.75, 3.05) is 0 Å². The molecule has 1 aromatic heterocycles. The summed E-state index contributed by atoms with van der Waals surface area (Å²) in [7, 11) is 0. The zero-order valence-electron chi connectivity index (χ0n) is 23.1. The Bertz CT molecular complexity index is 1590. The van der Waals surface area contributed by atoms with Crippen molar-refractivity contribution in [3.8, 4) is 16.8 Å². The average molecular weight is 502 g/mol. The minimum atomic E-state index is 0.00811. The Hall–Kier alpha value is -4.18. The van der Waals surface area contributed by atoms with Crippen LogP contribution in [0.2, 0.25) is 0 Å². The number of amides is 1. The van der Waals surface area contributed by atoms with Gasteiger partial charge in [-0.15, -0.1) is 0 Å². The fraction of sp³-hybridized carbons (Fsp3) is 0.235. The molecule has 5 rings (SSSR count). The topological polar surface area (TPSA) is 38.1 Å². The highest BCUT2D eigenvalue weighted by atomic mass is 16.2. The van der Waals surface area contributed by atoms with Crippen LogP contribution >= 0.6 is 0 Å². The molecule has 1 amide bonds. The summed E-state index contributed by atoms with van der Waals surface area (Å²) >= 11 is 0. The van der Waals surface area contributed by atoms with Gasteiger partial charge in [0, 0.05) is 17.3 Å². The van der Waals surface area contributed by atoms with E-state index < -0.39 is 0 Å². The number of nitrogens with zero attached hydrogens (tertiary/aromatic N) is 3. The second-order valence-corrected chi connectivity index (χ2v) is 10.6. The summed E-state index contributed by atoms with van der Waals surface area (Å²) in [6.07, 6.45) is 0. The van der Waals surface area contributed by atoms with Gasteiger partial charge in [-0.1, -0.05) is 71.8 Å². The molecule has 4 aromatic carbocycles. The molecule has 4 heteroatoms. The molecule has 0 saturated heterocycles. The summed E-state index contributed by atoms with van der Waals surface area (Å²) in [6, 6.07) is 29.5. The van der Waals surface area contributed by atoms with E-state index in [1.54, 1.807) is 0 Å². The van der Waals surface area contributed by atoms with Crippen LogP contribution in [0.5, 0.6) is 0 Å². The fourth-order valence-corrected chi connectivity index (χ4v) is 5.33. The lowest BCUT2D eigenvalue weighted by atomic mass is 9.98. The van der Waals surface area contributed by atoms with E-state index in [0.717, 1.165) is 50.4 Å². The molecular weight excluding hydrogens is 466 g/mol. The van der Waals surface area contributed by atoms with E-state index >= 15 is 0 Å². The highest BCUT2D eigenvalue weighted by Gasteiger charge is 2.25. The molecule has 0 atom stereocenters. The molecule has 1 heterocycles. The second kappa shape index (κ2) is 10.3. The molecule has 0 fully saturated rings. The van der Waals surface area contributed by atoms with Crippen LogP contribution < -0.4 is 0 Å². The van der Waals surface area contributed by atoms with E-state index in [2.05, 4.69) is 111 Å². The number of aromatic nitrogens is 2. The first kappa shape index (κ1) is 25.5. The first-order valence-electron chi connectivity index (χ1n) is 13.3. The maximum atomic E-state index is 14.0. The van der Waals surface area contributed by atoms with Crippen molar-refractivity contribution in [3.63, 3.8) is 0 Å². The molecule has 0 aliphatic rings. The molecule has 0 N–H and O–H groups in total. The zero-order valence-corrected chi connectivity index (χ0v) is 23.1. The Labute approximate surface area is 225 Å². The Morgan fingerprint density at radius 1 is 0.789 bits per heavy atom. The smallest absolute Gasteiger partial charge is 0.255 e. The van der Waals surface area contributed by atoms with Gasteiger partial charge < -0.3 is 4.90 Å². The molecule has 0 saturated carbocycles. The van der Waals surface area contributed by atoms with Gasteiger partial charge >= 0.3 is 0 Å². The van der Waals surface area contributed by atoms with Gasteiger partial charge in [-0.25, -0.2) is 4.98 Å². The van der Waals surface area contributed by atoms with Gasteiger partial charge in [-0.05, 0) is 88.1 Å². The van der Waals surface area contributed by atoms with Crippen LogP contribution in [0.15, 0.2) is 84.9 Å². The van der Waals surface area contributed by atoms with Crippen LogP contribution in [0, 0.1) is 27.7 Å². The summed E-state index contributed by atoms with van der Waals surface area (Å²) in [5.74, 6) is 0.890. The van der Waals surface area contributed by atoms with Crippen molar-refractivity contribution >= 4 is 16.9 Å². The Balaban J connectivity index is 1.63. The van der Waals surface area contributed by atoms with Crippen molar-refractivity contribution in [1.82, 2.24) is 14.5 Å². The normalized spacial score (nSPS) is 11.3. The number of rotatable bonds is 6. The highest BCUT2D eigenvalue weighted by Crippen LogP contribution is 2.29. The summed E-state index contributed by atoms with van der Waals surface area (Å²) in [4.78, 5) is 21.0. The van der Waals surface area contributed by atoms with Gasteiger partial charge in [-0.2, -0.15) is 0 Å². The monoisotopic (exact) mass is 501 g/mol. The number of carbonyl (C=O) groups is 1. The summed E-state index contributed by atoms with van der Waals surface area (Å²) in [5.41, 5.74) is 10.5. The second-order valence-electron chi connectivity index (χ2n) is 10.6. The number of aryl methyl sites for hydroxylation is 4. The average Bonchev–Trinajstić information content (AvgIpc) is 3.24. The van der Waals surface area contributed by atoms with E-state index in [9.17, 15) is 4.79 Å². The van der Waals surface area contributed by atoms with E-state index in [1.807, 2.05) is 24.8 Å². The minimum absolute atomic E-state index is 0.00811. The summed E-state index contributed by atoms with van der Waals surface area (Å²) < 4.78 is 2.20. The fourth-order valence-electron chi connectivity index (χ4n) is 5.33. The Morgan fingerprint density at radius 2 is 1.45 bits per heavy atom.